The Bertz CT molecular complexity index is 813. The molecule has 1 aromatic carbocycles. The summed E-state index contributed by atoms with van der Waals surface area (Å²) in [4.78, 5) is 23.5. The molecule has 0 aliphatic carbocycles. The predicted molar refractivity (Wildman–Crippen MR) is 97.2 cm³/mol. The summed E-state index contributed by atoms with van der Waals surface area (Å²) in [6.07, 6.45) is 2.77. The zero-order valence-corrected chi connectivity index (χ0v) is 15.7. The van der Waals surface area contributed by atoms with Crippen molar-refractivity contribution >= 4 is 35.1 Å². The van der Waals surface area contributed by atoms with E-state index in [0.717, 1.165) is 0 Å². The van der Waals surface area contributed by atoms with Gasteiger partial charge >= 0.3 is 5.97 Å². The zero-order valence-electron chi connectivity index (χ0n) is 14.2. The number of carbonyl (C=O) groups excluding carboxylic acids is 2. The maximum absolute atomic E-state index is 12.1. The van der Waals surface area contributed by atoms with Crippen molar-refractivity contribution in [2.24, 2.45) is 0 Å². The monoisotopic (exact) mass is 397 g/mol. The van der Waals surface area contributed by atoms with E-state index in [0.29, 0.717) is 21.5 Å². The number of hydrogen-bond donors (Lipinski definition) is 1. The van der Waals surface area contributed by atoms with Crippen LogP contribution in [0.4, 0.5) is 0 Å². The number of nitrogens with zero attached hydrogens (tertiary/aromatic N) is 2. The van der Waals surface area contributed by atoms with Crippen LogP contribution in [0.1, 0.15) is 24.3 Å². The molecule has 26 heavy (non-hydrogen) atoms. The molecule has 0 aliphatic rings. The Labute approximate surface area is 160 Å². The average molecular weight is 398 g/mol. The van der Waals surface area contributed by atoms with Crippen molar-refractivity contribution in [2.75, 3.05) is 6.61 Å². The van der Waals surface area contributed by atoms with Crippen LogP contribution in [0, 0.1) is 0 Å². The number of esters is 1. The highest BCUT2D eigenvalue weighted by Crippen LogP contribution is 2.32. The highest BCUT2D eigenvalue weighted by molar-refractivity contribution is 6.37. The summed E-state index contributed by atoms with van der Waals surface area (Å²) in [5.41, 5.74) is 0.512. The van der Waals surface area contributed by atoms with Crippen LogP contribution in [0.15, 0.2) is 42.2 Å². The summed E-state index contributed by atoms with van der Waals surface area (Å²) in [6.45, 7) is 3.56. The number of para-hydroxylation sites is 1. The topological polar surface area (TPSA) is 82.5 Å². The van der Waals surface area contributed by atoms with Crippen molar-refractivity contribution in [1.82, 2.24) is 15.1 Å². The highest BCUT2D eigenvalue weighted by atomic mass is 35.5. The first-order chi connectivity index (χ1) is 12.4. The second-order valence-electron chi connectivity index (χ2n) is 5.10. The number of benzene rings is 1. The van der Waals surface area contributed by atoms with Gasteiger partial charge in [-0.1, -0.05) is 29.3 Å². The molecule has 1 amide bonds. The van der Waals surface area contributed by atoms with Gasteiger partial charge in [-0.2, -0.15) is 5.10 Å². The van der Waals surface area contributed by atoms with Gasteiger partial charge in [0.05, 0.1) is 16.7 Å². The third kappa shape index (κ3) is 5.50. The fourth-order valence-corrected chi connectivity index (χ4v) is 2.45. The summed E-state index contributed by atoms with van der Waals surface area (Å²) in [7, 11) is 0. The number of hydrogen-bond acceptors (Lipinski definition) is 5. The van der Waals surface area contributed by atoms with Gasteiger partial charge < -0.3 is 14.8 Å². The van der Waals surface area contributed by atoms with Crippen LogP contribution >= 0.6 is 23.2 Å². The molecule has 0 saturated heterocycles. The molecule has 0 spiro atoms. The molecule has 0 saturated carbocycles. The van der Waals surface area contributed by atoms with Crippen molar-refractivity contribution in [3.8, 4) is 5.75 Å². The summed E-state index contributed by atoms with van der Waals surface area (Å²) in [5.74, 6) is -0.649. The van der Waals surface area contributed by atoms with E-state index in [1.54, 1.807) is 38.2 Å². The molecule has 138 valence electrons. The van der Waals surface area contributed by atoms with Gasteiger partial charge in [0.2, 0.25) is 0 Å². The summed E-state index contributed by atoms with van der Waals surface area (Å²) in [6, 6.07) is 6.54. The van der Waals surface area contributed by atoms with Gasteiger partial charge in [0.15, 0.2) is 18.2 Å². The van der Waals surface area contributed by atoms with E-state index in [1.807, 2.05) is 0 Å². The van der Waals surface area contributed by atoms with Crippen LogP contribution in [0.25, 0.3) is 0 Å². The fourth-order valence-electron chi connectivity index (χ4n) is 1.95. The Morgan fingerprint density at radius 1 is 1.27 bits per heavy atom. The maximum atomic E-state index is 12.1. The van der Waals surface area contributed by atoms with Gasteiger partial charge in [0.25, 0.3) is 5.91 Å². The van der Waals surface area contributed by atoms with E-state index in [2.05, 4.69) is 10.4 Å². The Kier molecular flexibility index (Phi) is 7.06. The van der Waals surface area contributed by atoms with Crippen LogP contribution in [0.2, 0.25) is 10.0 Å². The Balaban J connectivity index is 1.96. The van der Waals surface area contributed by atoms with Crippen LogP contribution in [-0.4, -0.2) is 28.3 Å². The quantitative estimate of drug-likeness (QED) is 0.571. The third-order valence-electron chi connectivity index (χ3n) is 3.07. The number of amides is 1. The van der Waals surface area contributed by atoms with E-state index in [-0.39, 0.29) is 19.0 Å². The van der Waals surface area contributed by atoms with E-state index in [9.17, 15) is 9.59 Å². The summed E-state index contributed by atoms with van der Waals surface area (Å²) < 4.78 is 11.7. The SMILES string of the molecule is CCOC(=O)/C=C(\C)NC(=O)c1ccn(COc2c(Cl)cccc2Cl)n1. The van der Waals surface area contributed by atoms with E-state index >= 15 is 0 Å². The van der Waals surface area contributed by atoms with Crippen LogP contribution in [-0.2, 0) is 16.3 Å². The van der Waals surface area contributed by atoms with Crippen LogP contribution in [0.3, 0.4) is 0 Å². The smallest absolute Gasteiger partial charge is 0.332 e. The highest BCUT2D eigenvalue weighted by Gasteiger charge is 2.12. The van der Waals surface area contributed by atoms with Gasteiger partial charge in [-0.15, -0.1) is 0 Å². The van der Waals surface area contributed by atoms with Crippen molar-refractivity contribution in [2.45, 2.75) is 20.6 Å². The van der Waals surface area contributed by atoms with Crippen molar-refractivity contribution in [1.29, 1.82) is 0 Å². The van der Waals surface area contributed by atoms with E-state index < -0.39 is 11.9 Å². The number of nitrogens with one attached hydrogen (secondary N) is 1. The lowest BCUT2D eigenvalue weighted by Gasteiger charge is -2.09. The van der Waals surface area contributed by atoms with Gasteiger partial charge in [-0.25, -0.2) is 9.48 Å². The number of carbonyl (C=O) groups is 2. The number of halogens is 2. The van der Waals surface area contributed by atoms with Crippen molar-refractivity contribution in [3.63, 3.8) is 0 Å². The second kappa shape index (κ2) is 9.26. The first-order valence-corrected chi connectivity index (χ1v) is 8.43. The second-order valence-corrected chi connectivity index (χ2v) is 5.91. The maximum Gasteiger partial charge on any atom is 0.332 e. The first-order valence-electron chi connectivity index (χ1n) is 7.67. The molecule has 0 fully saturated rings. The van der Waals surface area contributed by atoms with Gasteiger partial charge in [-0.3, -0.25) is 4.79 Å². The molecule has 2 rings (SSSR count). The number of allylic oxidation sites excluding steroid dienone is 1. The molecular formula is C17H17Cl2N3O4. The minimum atomic E-state index is -0.527. The molecule has 0 radical (unpaired) electrons. The standard InChI is InChI=1S/C17H17Cl2N3O4/c1-3-25-15(23)9-11(2)20-17(24)14-7-8-22(21-14)10-26-16-12(18)5-4-6-13(16)19/h4-9H,3,10H2,1-2H3,(H,20,24)/b11-9+. The average Bonchev–Trinajstić information content (AvgIpc) is 3.03. The fraction of sp³-hybridized carbons (Fsp3) is 0.235. The Morgan fingerprint density at radius 3 is 2.62 bits per heavy atom. The number of rotatable bonds is 7. The number of ether oxygens (including phenoxy) is 2. The summed E-state index contributed by atoms with van der Waals surface area (Å²) in [5, 5.41) is 7.41. The zero-order chi connectivity index (χ0) is 19.1. The molecule has 7 nitrogen and oxygen atoms in total. The van der Waals surface area contributed by atoms with E-state index in [4.69, 9.17) is 32.7 Å². The molecule has 1 aromatic heterocycles. The summed E-state index contributed by atoms with van der Waals surface area (Å²) >= 11 is 12.1. The van der Waals surface area contributed by atoms with Crippen LogP contribution in [0.5, 0.6) is 5.75 Å². The van der Waals surface area contributed by atoms with Gasteiger partial charge in [-0.05, 0) is 32.0 Å². The van der Waals surface area contributed by atoms with Crippen molar-refractivity contribution < 1.29 is 19.1 Å². The lowest BCUT2D eigenvalue weighted by Crippen LogP contribution is -2.23. The largest absolute Gasteiger partial charge is 0.468 e. The molecule has 1 N–H and O–H groups in total. The molecule has 9 heteroatoms. The first kappa shape index (κ1) is 19.8. The lowest BCUT2D eigenvalue weighted by atomic mass is 10.3. The minimum Gasteiger partial charge on any atom is -0.468 e. The van der Waals surface area contributed by atoms with Crippen LogP contribution < -0.4 is 10.1 Å². The van der Waals surface area contributed by atoms with E-state index in [1.165, 1.54) is 16.8 Å². The third-order valence-corrected chi connectivity index (χ3v) is 3.66. The molecule has 2 aromatic rings. The predicted octanol–water partition coefficient (Wildman–Crippen LogP) is 3.42. The minimum absolute atomic E-state index is 0.0222. The molecule has 0 bridgehead atoms. The Hall–Kier alpha value is -2.51. The van der Waals surface area contributed by atoms with Crippen molar-refractivity contribution in [3.05, 3.63) is 58.0 Å². The Morgan fingerprint density at radius 2 is 1.96 bits per heavy atom. The molecule has 1 heterocycles. The normalized spacial score (nSPS) is 11.2. The number of aromatic nitrogens is 2. The lowest BCUT2D eigenvalue weighted by molar-refractivity contribution is -0.137. The molecule has 0 aliphatic heterocycles. The molecule has 0 unspecified atom stereocenters. The molecular weight excluding hydrogens is 381 g/mol. The van der Waals surface area contributed by atoms with Gasteiger partial charge in [0.1, 0.15) is 0 Å². The molecule has 0 atom stereocenters. The van der Waals surface area contributed by atoms with Gasteiger partial charge in [0, 0.05) is 18.0 Å².